The van der Waals surface area contributed by atoms with E-state index in [4.69, 9.17) is 0 Å². The molecule has 124 valence electrons. The van der Waals surface area contributed by atoms with Crippen molar-refractivity contribution in [3.8, 4) is 0 Å². The number of methoxy groups -OCH3 is 1. The second kappa shape index (κ2) is 8.62. The van der Waals surface area contributed by atoms with E-state index in [0.717, 1.165) is 11.1 Å². The Balaban J connectivity index is 2.38. The topological polar surface area (TPSA) is 76.0 Å². The third-order valence-corrected chi connectivity index (χ3v) is 3.51. The van der Waals surface area contributed by atoms with Crippen molar-refractivity contribution in [3.63, 3.8) is 0 Å². The summed E-state index contributed by atoms with van der Waals surface area (Å²) in [6.07, 6.45) is 0.0962. The summed E-state index contributed by atoms with van der Waals surface area (Å²) in [5.41, 5.74) is 2.24. The number of hydrogen-bond acceptors (Lipinski definition) is 4. The van der Waals surface area contributed by atoms with Crippen LogP contribution in [-0.4, -0.2) is 35.9 Å². The van der Waals surface area contributed by atoms with E-state index in [1.807, 2.05) is 60.7 Å². The molecule has 5 nitrogen and oxygen atoms in total. The number of benzene rings is 2. The van der Waals surface area contributed by atoms with Crippen LogP contribution in [0.1, 0.15) is 24.0 Å². The first kappa shape index (κ1) is 17.4. The zero-order chi connectivity index (χ0) is 17.4. The maximum absolute atomic E-state index is 11.5. The molecule has 24 heavy (non-hydrogen) atoms. The Labute approximate surface area is 140 Å². The number of carboxylic acids is 1. The van der Waals surface area contributed by atoms with Crippen LogP contribution in [0.25, 0.3) is 0 Å². The van der Waals surface area contributed by atoms with Gasteiger partial charge in [-0.15, -0.1) is 0 Å². The Bertz CT molecular complexity index is 669. The quantitative estimate of drug-likeness (QED) is 0.627. The third kappa shape index (κ3) is 4.78. The van der Waals surface area contributed by atoms with Crippen LogP contribution in [0.2, 0.25) is 0 Å². The van der Waals surface area contributed by atoms with Gasteiger partial charge in [0.1, 0.15) is 6.04 Å². The number of aliphatic imine (C=N–C) groups is 1. The van der Waals surface area contributed by atoms with E-state index < -0.39 is 18.0 Å². The number of aliphatic carboxylic acids is 1. The van der Waals surface area contributed by atoms with Crippen LogP contribution in [0.15, 0.2) is 65.7 Å². The average molecular weight is 325 g/mol. The van der Waals surface area contributed by atoms with E-state index >= 15 is 0 Å². The van der Waals surface area contributed by atoms with Crippen molar-refractivity contribution in [3.05, 3.63) is 71.8 Å². The zero-order valence-corrected chi connectivity index (χ0v) is 13.4. The van der Waals surface area contributed by atoms with Crippen molar-refractivity contribution in [2.45, 2.75) is 18.9 Å². The van der Waals surface area contributed by atoms with Crippen LogP contribution in [0.5, 0.6) is 0 Å². The smallest absolute Gasteiger partial charge is 0.328 e. The van der Waals surface area contributed by atoms with Gasteiger partial charge < -0.3 is 9.84 Å². The highest BCUT2D eigenvalue weighted by molar-refractivity contribution is 6.13. The average Bonchev–Trinajstić information content (AvgIpc) is 2.62. The van der Waals surface area contributed by atoms with Crippen LogP contribution >= 0.6 is 0 Å². The standard InChI is InChI=1S/C19H19NO4/c1-24-17(21)13-12-16(19(22)23)20-18(14-8-4-2-5-9-14)15-10-6-3-7-11-15/h2-11,16H,12-13H2,1H3,(H,22,23)/t16-/m0/s1. The molecule has 0 amide bonds. The predicted octanol–water partition coefficient (Wildman–Crippen LogP) is 2.93. The van der Waals surface area contributed by atoms with Gasteiger partial charge in [0.2, 0.25) is 0 Å². The minimum absolute atomic E-state index is 0.00776. The lowest BCUT2D eigenvalue weighted by atomic mass is 10.0. The number of hydrogen-bond donors (Lipinski definition) is 1. The van der Waals surface area contributed by atoms with Crippen molar-refractivity contribution in [1.29, 1.82) is 0 Å². The van der Waals surface area contributed by atoms with Gasteiger partial charge in [0, 0.05) is 17.5 Å². The lowest BCUT2D eigenvalue weighted by Gasteiger charge is -2.12. The zero-order valence-electron chi connectivity index (χ0n) is 13.4. The first-order valence-corrected chi connectivity index (χ1v) is 7.60. The van der Waals surface area contributed by atoms with Gasteiger partial charge in [0.15, 0.2) is 0 Å². The van der Waals surface area contributed by atoms with E-state index in [-0.39, 0.29) is 12.8 Å². The highest BCUT2D eigenvalue weighted by Gasteiger charge is 2.20. The largest absolute Gasteiger partial charge is 0.480 e. The fourth-order valence-electron chi connectivity index (χ4n) is 2.26. The van der Waals surface area contributed by atoms with Gasteiger partial charge in [-0.05, 0) is 6.42 Å². The first-order chi connectivity index (χ1) is 11.6. The van der Waals surface area contributed by atoms with Crippen molar-refractivity contribution in [2.75, 3.05) is 7.11 Å². The Morgan fingerprint density at radius 3 is 1.92 bits per heavy atom. The molecule has 0 saturated carbocycles. The van der Waals surface area contributed by atoms with Gasteiger partial charge >= 0.3 is 11.9 Å². The first-order valence-electron chi connectivity index (χ1n) is 7.60. The van der Waals surface area contributed by atoms with Crippen LogP contribution < -0.4 is 0 Å². The maximum atomic E-state index is 11.5. The number of rotatable bonds is 7. The van der Waals surface area contributed by atoms with Crippen LogP contribution in [0.4, 0.5) is 0 Å². The summed E-state index contributed by atoms with van der Waals surface area (Å²) >= 11 is 0. The Kier molecular flexibility index (Phi) is 6.25. The number of ether oxygens (including phenoxy) is 1. The third-order valence-electron chi connectivity index (χ3n) is 3.51. The second-order valence-electron chi connectivity index (χ2n) is 5.18. The molecule has 0 radical (unpaired) electrons. The van der Waals surface area contributed by atoms with Gasteiger partial charge in [-0.25, -0.2) is 4.79 Å². The molecule has 1 atom stereocenters. The molecule has 0 heterocycles. The summed E-state index contributed by atoms with van der Waals surface area (Å²) in [6.45, 7) is 0. The van der Waals surface area contributed by atoms with Gasteiger partial charge in [-0.3, -0.25) is 9.79 Å². The summed E-state index contributed by atoms with van der Waals surface area (Å²) in [7, 11) is 1.28. The van der Waals surface area contributed by atoms with E-state index in [1.54, 1.807) is 0 Å². The molecular formula is C19H19NO4. The molecule has 0 aliphatic carbocycles. The molecule has 0 aromatic heterocycles. The van der Waals surface area contributed by atoms with Crippen LogP contribution in [-0.2, 0) is 14.3 Å². The molecule has 2 aromatic rings. The number of carbonyl (C=O) groups is 2. The Hall–Kier alpha value is -2.95. The number of esters is 1. The van der Waals surface area contributed by atoms with Gasteiger partial charge in [0.05, 0.1) is 12.8 Å². The Morgan fingerprint density at radius 2 is 1.50 bits per heavy atom. The predicted molar refractivity (Wildman–Crippen MR) is 91.2 cm³/mol. The monoisotopic (exact) mass is 325 g/mol. The van der Waals surface area contributed by atoms with Crippen molar-refractivity contribution < 1.29 is 19.4 Å². The summed E-state index contributed by atoms with van der Waals surface area (Å²) in [5.74, 6) is -1.51. The molecule has 1 N–H and O–H groups in total. The number of carboxylic acid groups (broad SMARTS) is 1. The molecule has 0 bridgehead atoms. The molecular weight excluding hydrogens is 306 g/mol. The lowest BCUT2D eigenvalue weighted by Crippen LogP contribution is -2.22. The molecule has 0 saturated heterocycles. The molecule has 0 fully saturated rings. The van der Waals surface area contributed by atoms with Crippen molar-refractivity contribution >= 4 is 17.7 Å². The molecule has 5 heteroatoms. The Morgan fingerprint density at radius 1 is 1.00 bits per heavy atom. The molecule has 0 aliphatic heterocycles. The minimum atomic E-state index is -1.07. The van der Waals surface area contributed by atoms with Crippen LogP contribution in [0, 0.1) is 0 Å². The summed E-state index contributed by atoms with van der Waals surface area (Å²) in [4.78, 5) is 27.3. The normalized spacial score (nSPS) is 11.4. The highest BCUT2D eigenvalue weighted by atomic mass is 16.5. The van der Waals surface area contributed by atoms with Gasteiger partial charge in [-0.1, -0.05) is 60.7 Å². The SMILES string of the molecule is COC(=O)CC[C@H](N=C(c1ccccc1)c1ccccc1)C(=O)O. The molecule has 2 rings (SSSR count). The van der Waals surface area contributed by atoms with E-state index in [9.17, 15) is 14.7 Å². The summed E-state index contributed by atoms with van der Waals surface area (Å²) < 4.78 is 4.57. The number of nitrogens with zero attached hydrogens (tertiary/aromatic N) is 1. The van der Waals surface area contributed by atoms with E-state index in [2.05, 4.69) is 9.73 Å². The lowest BCUT2D eigenvalue weighted by molar-refractivity contribution is -0.141. The van der Waals surface area contributed by atoms with Crippen LogP contribution in [0.3, 0.4) is 0 Å². The fraction of sp³-hybridized carbons (Fsp3) is 0.211. The van der Waals surface area contributed by atoms with Crippen molar-refractivity contribution in [1.82, 2.24) is 0 Å². The van der Waals surface area contributed by atoms with Crippen molar-refractivity contribution in [2.24, 2.45) is 4.99 Å². The molecule has 2 aromatic carbocycles. The fourth-order valence-corrected chi connectivity index (χ4v) is 2.26. The maximum Gasteiger partial charge on any atom is 0.328 e. The highest BCUT2D eigenvalue weighted by Crippen LogP contribution is 2.14. The minimum Gasteiger partial charge on any atom is -0.480 e. The summed E-state index contributed by atoms with van der Waals surface area (Å²) in [5, 5.41) is 9.44. The molecule has 0 unspecified atom stereocenters. The number of carbonyl (C=O) groups excluding carboxylic acids is 1. The van der Waals surface area contributed by atoms with E-state index in [0.29, 0.717) is 5.71 Å². The van der Waals surface area contributed by atoms with E-state index in [1.165, 1.54) is 7.11 Å². The van der Waals surface area contributed by atoms with Gasteiger partial charge in [0.25, 0.3) is 0 Å². The second-order valence-corrected chi connectivity index (χ2v) is 5.18. The van der Waals surface area contributed by atoms with Gasteiger partial charge in [-0.2, -0.15) is 0 Å². The molecule has 0 aliphatic rings. The molecule has 0 spiro atoms. The summed E-state index contributed by atoms with van der Waals surface area (Å²) in [6, 6.07) is 17.8.